The Morgan fingerprint density at radius 2 is 2.03 bits per heavy atom. The number of likely N-dealkylation sites (tertiary alicyclic amines) is 1. The first-order valence-electron chi connectivity index (χ1n) is 10.7. The zero-order chi connectivity index (χ0) is 20.2. The Bertz CT molecular complexity index is 738. The number of carbonyl (C=O) groups is 2. The molecule has 158 valence electrons. The average Bonchev–Trinajstić information content (AvgIpc) is 3.32. The highest BCUT2D eigenvalue weighted by Gasteiger charge is 2.39. The van der Waals surface area contributed by atoms with Gasteiger partial charge < -0.3 is 19.4 Å². The van der Waals surface area contributed by atoms with E-state index in [1.807, 2.05) is 36.0 Å². The molecule has 29 heavy (non-hydrogen) atoms. The van der Waals surface area contributed by atoms with E-state index in [1.165, 1.54) is 12.8 Å². The molecule has 0 saturated carbocycles. The number of amides is 2. The van der Waals surface area contributed by atoms with Gasteiger partial charge in [-0.05, 0) is 50.2 Å². The highest BCUT2D eigenvalue weighted by atomic mass is 32.2. The van der Waals surface area contributed by atoms with Crippen molar-refractivity contribution in [2.45, 2.75) is 31.7 Å². The third kappa shape index (κ3) is 4.72. The molecule has 4 rings (SSSR count). The molecule has 0 N–H and O–H groups in total. The number of ether oxygens (including phenoxy) is 1. The molecule has 3 aliphatic rings. The molecular formula is C22H31N3O3S. The number of hydrogen-bond donors (Lipinski definition) is 0. The van der Waals surface area contributed by atoms with Crippen LogP contribution in [0, 0.1) is 5.92 Å². The second-order valence-electron chi connectivity index (χ2n) is 8.23. The molecule has 7 heteroatoms. The standard InChI is InChI=1S/C22H31N3O3S/c1-28-20-7-4-6-18(13-20)25-14-17(12-21(25)26)22(27)24-10-5-11-29-16-19(24)15-23-8-2-3-9-23/h4,6-7,13,17,19H,2-3,5,8-12,14-16H2,1H3. The summed E-state index contributed by atoms with van der Waals surface area (Å²) < 4.78 is 5.29. The second-order valence-corrected chi connectivity index (χ2v) is 9.38. The van der Waals surface area contributed by atoms with Crippen molar-refractivity contribution in [1.82, 2.24) is 9.80 Å². The Morgan fingerprint density at radius 1 is 1.21 bits per heavy atom. The average molecular weight is 418 g/mol. The maximum Gasteiger partial charge on any atom is 0.228 e. The Labute approximate surface area is 177 Å². The van der Waals surface area contributed by atoms with Gasteiger partial charge >= 0.3 is 0 Å². The third-order valence-corrected chi connectivity index (χ3v) is 7.43. The Balaban J connectivity index is 1.46. The molecule has 3 saturated heterocycles. The molecule has 1 aromatic carbocycles. The molecule has 1 aromatic rings. The van der Waals surface area contributed by atoms with Crippen molar-refractivity contribution in [3.8, 4) is 5.75 Å². The number of anilines is 1. The zero-order valence-corrected chi connectivity index (χ0v) is 18.0. The summed E-state index contributed by atoms with van der Waals surface area (Å²) in [6.07, 6.45) is 3.87. The van der Waals surface area contributed by atoms with Crippen LogP contribution >= 0.6 is 11.8 Å². The van der Waals surface area contributed by atoms with Crippen LogP contribution in [-0.4, -0.2) is 79.0 Å². The summed E-state index contributed by atoms with van der Waals surface area (Å²) in [5.74, 6) is 2.77. The maximum absolute atomic E-state index is 13.5. The van der Waals surface area contributed by atoms with Crippen LogP contribution in [0.4, 0.5) is 5.69 Å². The van der Waals surface area contributed by atoms with Crippen molar-refractivity contribution in [1.29, 1.82) is 0 Å². The van der Waals surface area contributed by atoms with E-state index in [0.717, 1.165) is 55.5 Å². The summed E-state index contributed by atoms with van der Waals surface area (Å²) in [6.45, 7) is 4.54. The molecule has 0 aromatic heterocycles. The predicted molar refractivity (Wildman–Crippen MR) is 117 cm³/mol. The minimum absolute atomic E-state index is 0.0249. The van der Waals surface area contributed by atoms with Crippen LogP contribution in [0.2, 0.25) is 0 Å². The number of rotatable bonds is 5. The number of thioether (sulfide) groups is 1. The molecular weight excluding hydrogens is 386 g/mol. The molecule has 0 spiro atoms. The van der Waals surface area contributed by atoms with Crippen LogP contribution in [0.3, 0.4) is 0 Å². The predicted octanol–water partition coefficient (Wildman–Crippen LogP) is 2.48. The highest BCUT2D eigenvalue weighted by molar-refractivity contribution is 7.99. The van der Waals surface area contributed by atoms with Gasteiger partial charge in [0.2, 0.25) is 11.8 Å². The monoisotopic (exact) mass is 417 g/mol. The van der Waals surface area contributed by atoms with Crippen molar-refractivity contribution < 1.29 is 14.3 Å². The van der Waals surface area contributed by atoms with E-state index in [4.69, 9.17) is 4.74 Å². The number of carbonyl (C=O) groups excluding carboxylic acids is 2. The highest BCUT2D eigenvalue weighted by Crippen LogP contribution is 2.30. The van der Waals surface area contributed by atoms with Crippen LogP contribution in [0.5, 0.6) is 5.75 Å². The summed E-state index contributed by atoms with van der Waals surface area (Å²) in [5, 5.41) is 0. The van der Waals surface area contributed by atoms with Gasteiger partial charge in [-0.15, -0.1) is 0 Å². The largest absolute Gasteiger partial charge is 0.497 e. The van der Waals surface area contributed by atoms with Gasteiger partial charge in [0.1, 0.15) is 5.75 Å². The van der Waals surface area contributed by atoms with Gasteiger partial charge in [0.25, 0.3) is 0 Å². The first-order chi connectivity index (χ1) is 14.2. The Morgan fingerprint density at radius 3 is 2.83 bits per heavy atom. The molecule has 2 atom stereocenters. The van der Waals surface area contributed by atoms with Crippen LogP contribution in [0.15, 0.2) is 24.3 Å². The second kappa shape index (κ2) is 9.39. The van der Waals surface area contributed by atoms with Gasteiger partial charge in [0, 0.05) is 43.6 Å². The summed E-state index contributed by atoms with van der Waals surface area (Å²) in [4.78, 5) is 32.5. The van der Waals surface area contributed by atoms with E-state index in [0.29, 0.717) is 13.0 Å². The summed E-state index contributed by atoms with van der Waals surface area (Å²) in [7, 11) is 1.62. The molecule has 0 bridgehead atoms. The van der Waals surface area contributed by atoms with Gasteiger partial charge in [-0.25, -0.2) is 0 Å². The first kappa shape index (κ1) is 20.5. The summed E-state index contributed by atoms with van der Waals surface area (Å²) >= 11 is 1.96. The van der Waals surface area contributed by atoms with Gasteiger partial charge in [-0.2, -0.15) is 11.8 Å². The van der Waals surface area contributed by atoms with Crippen LogP contribution in [-0.2, 0) is 9.59 Å². The first-order valence-corrected chi connectivity index (χ1v) is 11.9. The molecule has 0 aliphatic carbocycles. The maximum atomic E-state index is 13.5. The zero-order valence-electron chi connectivity index (χ0n) is 17.2. The van der Waals surface area contributed by atoms with Gasteiger partial charge in [0.05, 0.1) is 19.1 Å². The summed E-state index contributed by atoms with van der Waals surface area (Å²) in [5.41, 5.74) is 0.810. The lowest BCUT2D eigenvalue weighted by atomic mass is 10.1. The van der Waals surface area contributed by atoms with E-state index in [-0.39, 0.29) is 23.8 Å². The van der Waals surface area contributed by atoms with E-state index in [1.54, 1.807) is 12.0 Å². The summed E-state index contributed by atoms with van der Waals surface area (Å²) in [6, 6.07) is 7.78. The number of methoxy groups -OCH3 is 1. The topological polar surface area (TPSA) is 53.1 Å². The van der Waals surface area contributed by atoms with Gasteiger partial charge in [0.15, 0.2) is 0 Å². The number of nitrogens with zero attached hydrogens (tertiary/aromatic N) is 3. The van der Waals surface area contributed by atoms with E-state index in [9.17, 15) is 9.59 Å². The number of benzene rings is 1. The van der Waals surface area contributed by atoms with E-state index >= 15 is 0 Å². The molecule has 3 fully saturated rings. The lowest BCUT2D eigenvalue weighted by Gasteiger charge is -2.34. The molecule has 3 heterocycles. The molecule has 3 aliphatic heterocycles. The van der Waals surface area contributed by atoms with Crippen molar-refractivity contribution in [2.75, 3.05) is 56.2 Å². The van der Waals surface area contributed by atoms with E-state index < -0.39 is 0 Å². The van der Waals surface area contributed by atoms with Crippen LogP contribution in [0.1, 0.15) is 25.7 Å². The third-order valence-electron chi connectivity index (χ3n) is 6.23. The van der Waals surface area contributed by atoms with Gasteiger partial charge in [-0.1, -0.05) is 6.07 Å². The minimum Gasteiger partial charge on any atom is -0.497 e. The number of hydrogen-bond acceptors (Lipinski definition) is 5. The fourth-order valence-corrected chi connectivity index (χ4v) is 5.73. The van der Waals surface area contributed by atoms with Crippen LogP contribution in [0.25, 0.3) is 0 Å². The van der Waals surface area contributed by atoms with Crippen molar-refractivity contribution >= 4 is 29.3 Å². The van der Waals surface area contributed by atoms with Crippen LogP contribution < -0.4 is 9.64 Å². The van der Waals surface area contributed by atoms with Gasteiger partial charge in [-0.3, -0.25) is 9.59 Å². The normalized spacial score (nSPS) is 26.0. The lowest BCUT2D eigenvalue weighted by Crippen LogP contribution is -2.50. The fraction of sp³-hybridized carbons (Fsp3) is 0.636. The fourth-order valence-electron chi connectivity index (χ4n) is 4.67. The SMILES string of the molecule is COc1cccc(N2CC(C(=O)N3CCCSCC3CN3CCCC3)CC2=O)c1. The molecule has 0 radical (unpaired) electrons. The van der Waals surface area contributed by atoms with Crippen molar-refractivity contribution in [3.63, 3.8) is 0 Å². The Kier molecular flexibility index (Phi) is 6.65. The van der Waals surface area contributed by atoms with Crippen molar-refractivity contribution in [2.24, 2.45) is 5.92 Å². The Hall–Kier alpha value is -1.73. The molecule has 2 amide bonds. The lowest BCUT2D eigenvalue weighted by molar-refractivity contribution is -0.138. The molecule has 2 unspecified atom stereocenters. The van der Waals surface area contributed by atoms with Crippen molar-refractivity contribution in [3.05, 3.63) is 24.3 Å². The quantitative estimate of drug-likeness (QED) is 0.737. The molecule has 6 nitrogen and oxygen atoms in total. The minimum atomic E-state index is -0.252. The smallest absolute Gasteiger partial charge is 0.228 e. The van der Waals surface area contributed by atoms with E-state index in [2.05, 4.69) is 9.80 Å².